The number of thiazole rings is 1. The number of rotatable bonds is 3. The molecular formula is C19H21N3OS. The molecular weight excluding hydrogens is 318 g/mol. The van der Waals surface area contributed by atoms with E-state index in [0.29, 0.717) is 6.42 Å². The zero-order chi connectivity index (χ0) is 16.7. The molecule has 4 nitrogen and oxygen atoms in total. The number of hydrogen-bond donors (Lipinski definition) is 2. The van der Waals surface area contributed by atoms with E-state index in [4.69, 9.17) is 0 Å². The fourth-order valence-electron chi connectivity index (χ4n) is 3.48. The van der Waals surface area contributed by atoms with E-state index in [-0.39, 0.29) is 5.91 Å². The Hall–Kier alpha value is -2.14. The van der Waals surface area contributed by atoms with Crippen LogP contribution in [-0.2, 0) is 24.1 Å². The average Bonchev–Trinajstić information content (AvgIpc) is 3.07. The third kappa shape index (κ3) is 2.84. The highest BCUT2D eigenvalue weighted by Gasteiger charge is 2.21. The van der Waals surface area contributed by atoms with Crippen LogP contribution in [0, 0.1) is 12.8 Å². The van der Waals surface area contributed by atoms with Crippen molar-refractivity contribution in [1.29, 1.82) is 0 Å². The molecule has 4 rings (SSSR count). The second-order valence-electron chi connectivity index (χ2n) is 6.74. The van der Waals surface area contributed by atoms with E-state index >= 15 is 0 Å². The number of carbonyl (C=O) groups excluding carboxylic acids is 1. The fourth-order valence-corrected chi connectivity index (χ4v) is 4.67. The average molecular weight is 339 g/mol. The lowest BCUT2D eigenvalue weighted by Crippen LogP contribution is -2.14. The molecule has 1 amide bonds. The highest BCUT2D eigenvalue weighted by molar-refractivity contribution is 7.15. The quantitative estimate of drug-likeness (QED) is 0.750. The zero-order valence-corrected chi connectivity index (χ0v) is 14.8. The molecule has 1 aromatic carbocycles. The second kappa shape index (κ2) is 6.06. The molecule has 1 atom stereocenters. The molecule has 1 aliphatic rings. The van der Waals surface area contributed by atoms with Gasteiger partial charge in [-0.3, -0.25) is 4.79 Å². The molecule has 2 N–H and O–H groups in total. The van der Waals surface area contributed by atoms with Crippen molar-refractivity contribution in [3.8, 4) is 0 Å². The molecule has 0 saturated carbocycles. The van der Waals surface area contributed by atoms with Crippen LogP contribution in [0.25, 0.3) is 10.9 Å². The molecule has 0 bridgehead atoms. The molecule has 5 heteroatoms. The van der Waals surface area contributed by atoms with E-state index < -0.39 is 0 Å². The lowest BCUT2D eigenvalue weighted by molar-refractivity contribution is -0.115. The summed E-state index contributed by atoms with van der Waals surface area (Å²) < 4.78 is 0. The predicted molar refractivity (Wildman–Crippen MR) is 98.7 cm³/mol. The topological polar surface area (TPSA) is 57.8 Å². The first-order valence-corrected chi connectivity index (χ1v) is 9.26. The number of H-pyrrole nitrogens is 1. The first kappa shape index (κ1) is 15.4. The highest BCUT2D eigenvalue weighted by Crippen LogP contribution is 2.32. The molecule has 0 saturated heterocycles. The van der Waals surface area contributed by atoms with E-state index in [1.807, 2.05) is 25.1 Å². The second-order valence-corrected chi connectivity index (χ2v) is 7.82. The van der Waals surface area contributed by atoms with Gasteiger partial charge in [-0.25, -0.2) is 4.98 Å². The largest absolute Gasteiger partial charge is 0.358 e. The van der Waals surface area contributed by atoms with Crippen molar-refractivity contribution in [3.63, 3.8) is 0 Å². The van der Waals surface area contributed by atoms with Crippen molar-refractivity contribution in [2.75, 3.05) is 5.32 Å². The summed E-state index contributed by atoms with van der Waals surface area (Å²) in [6.45, 7) is 4.30. The summed E-state index contributed by atoms with van der Waals surface area (Å²) in [6.07, 6.45) is 3.68. The summed E-state index contributed by atoms with van der Waals surface area (Å²) in [6, 6.07) is 8.11. The number of amides is 1. The highest BCUT2D eigenvalue weighted by atomic mass is 32.1. The first-order chi connectivity index (χ1) is 11.6. The SMILES string of the molecule is Cc1[nH]c2ccccc2c1CC(=O)Nc1nc2c(s1)CC(C)CC2. The van der Waals surface area contributed by atoms with Gasteiger partial charge in [0.15, 0.2) is 5.13 Å². The number of carbonyl (C=O) groups is 1. The molecule has 2 aromatic heterocycles. The summed E-state index contributed by atoms with van der Waals surface area (Å²) in [5, 5.41) is 4.87. The van der Waals surface area contributed by atoms with Gasteiger partial charge in [-0.15, -0.1) is 11.3 Å². The predicted octanol–water partition coefficient (Wildman–Crippen LogP) is 4.24. The Morgan fingerprint density at radius 2 is 2.25 bits per heavy atom. The zero-order valence-electron chi connectivity index (χ0n) is 14.0. The van der Waals surface area contributed by atoms with Gasteiger partial charge in [0.1, 0.15) is 0 Å². The van der Waals surface area contributed by atoms with Crippen molar-refractivity contribution in [2.45, 2.75) is 39.5 Å². The lowest BCUT2D eigenvalue weighted by atomic mass is 9.93. The van der Waals surface area contributed by atoms with Crippen molar-refractivity contribution < 1.29 is 4.79 Å². The van der Waals surface area contributed by atoms with Crippen molar-refractivity contribution in [2.24, 2.45) is 5.92 Å². The number of nitrogens with zero attached hydrogens (tertiary/aromatic N) is 1. The van der Waals surface area contributed by atoms with Gasteiger partial charge in [0.05, 0.1) is 12.1 Å². The van der Waals surface area contributed by atoms with Crippen LogP contribution in [0.4, 0.5) is 5.13 Å². The van der Waals surface area contributed by atoms with Crippen LogP contribution in [0.2, 0.25) is 0 Å². The number of aromatic nitrogens is 2. The van der Waals surface area contributed by atoms with E-state index in [1.165, 1.54) is 17.0 Å². The molecule has 124 valence electrons. The minimum Gasteiger partial charge on any atom is -0.358 e. The molecule has 0 fully saturated rings. The van der Waals surface area contributed by atoms with Crippen molar-refractivity contribution in [3.05, 3.63) is 46.1 Å². The van der Waals surface area contributed by atoms with Crippen LogP contribution < -0.4 is 5.32 Å². The molecule has 0 aliphatic heterocycles. The summed E-state index contributed by atoms with van der Waals surface area (Å²) >= 11 is 1.64. The Labute approximate surface area is 145 Å². The summed E-state index contributed by atoms with van der Waals surface area (Å²) in [5.74, 6) is 0.720. The lowest BCUT2D eigenvalue weighted by Gasteiger charge is -2.15. The smallest absolute Gasteiger partial charge is 0.230 e. The fraction of sp³-hybridized carbons (Fsp3) is 0.368. The monoisotopic (exact) mass is 339 g/mol. The minimum absolute atomic E-state index is 0.00185. The molecule has 1 aliphatic carbocycles. The van der Waals surface area contributed by atoms with Gasteiger partial charge in [0, 0.05) is 21.5 Å². The normalized spacial score (nSPS) is 17.0. The van der Waals surface area contributed by atoms with Crippen LogP contribution in [0.15, 0.2) is 24.3 Å². The third-order valence-electron chi connectivity index (χ3n) is 4.80. The van der Waals surface area contributed by atoms with Gasteiger partial charge in [0.25, 0.3) is 0 Å². The molecule has 0 radical (unpaired) electrons. The van der Waals surface area contributed by atoms with Crippen LogP contribution >= 0.6 is 11.3 Å². The number of fused-ring (bicyclic) bond motifs is 2. The number of aromatic amines is 1. The standard InChI is InChI=1S/C19H21N3OS/c1-11-7-8-16-17(9-11)24-19(21-16)22-18(23)10-14-12(2)20-15-6-4-3-5-13(14)15/h3-6,11,20H,7-10H2,1-2H3,(H,21,22,23). The van der Waals surface area contributed by atoms with Gasteiger partial charge >= 0.3 is 0 Å². The third-order valence-corrected chi connectivity index (χ3v) is 5.83. The van der Waals surface area contributed by atoms with Gasteiger partial charge in [-0.1, -0.05) is 25.1 Å². The number of hydrogen-bond acceptors (Lipinski definition) is 3. The van der Waals surface area contributed by atoms with Crippen LogP contribution in [0.5, 0.6) is 0 Å². The van der Waals surface area contributed by atoms with Crippen molar-refractivity contribution >= 4 is 33.3 Å². The number of benzene rings is 1. The van der Waals surface area contributed by atoms with E-state index in [0.717, 1.165) is 46.1 Å². The van der Waals surface area contributed by atoms with E-state index in [9.17, 15) is 4.79 Å². The number of aryl methyl sites for hydroxylation is 2. The van der Waals surface area contributed by atoms with E-state index in [1.54, 1.807) is 11.3 Å². The Bertz CT molecular complexity index is 909. The van der Waals surface area contributed by atoms with Crippen molar-refractivity contribution in [1.82, 2.24) is 9.97 Å². The van der Waals surface area contributed by atoms with Crippen LogP contribution in [0.3, 0.4) is 0 Å². The molecule has 0 spiro atoms. The summed E-state index contributed by atoms with van der Waals surface area (Å²) in [4.78, 5) is 21.8. The summed E-state index contributed by atoms with van der Waals surface area (Å²) in [7, 11) is 0. The van der Waals surface area contributed by atoms with Gasteiger partial charge in [0.2, 0.25) is 5.91 Å². The van der Waals surface area contributed by atoms with Crippen LogP contribution in [0.1, 0.15) is 35.2 Å². The molecule has 3 aromatic rings. The maximum atomic E-state index is 12.5. The molecule has 24 heavy (non-hydrogen) atoms. The Balaban J connectivity index is 1.52. The Morgan fingerprint density at radius 3 is 3.12 bits per heavy atom. The Kier molecular flexibility index (Phi) is 3.88. The number of nitrogens with one attached hydrogen (secondary N) is 2. The van der Waals surface area contributed by atoms with E-state index in [2.05, 4.69) is 28.3 Å². The van der Waals surface area contributed by atoms with Gasteiger partial charge in [-0.2, -0.15) is 0 Å². The maximum absolute atomic E-state index is 12.5. The van der Waals surface area contributed by atoms with Crippen LogP contribution in [-0.4, -0.2) is 15.9 Å². The van der Waals surface area contributed by atoms with Gasteiger partial charge in [-0.05, 0) is 43.7 Å². The molecule has 1 unspecified atom stereocenters. The number of anilines is 1. The van der Waals surface area contributed by atoms with Gasteiger partial charge < -0.3 is 10.3 Å². The Morgan fingerprint density at radius 1 is 1.42 bits per heavy atom. The number of para-hydroxylation sites is 1. The molecule has 2 heterocycles. The first-order valence-electron chi connectivity index (χ1n) is 8.44. The minimum atomic E-state index is 0.00185. The summed E-state index contributed by atoms with van der Waals surface area (Å²) in [5.41, 5.74) is 4.38. The maximum Gasteiger partial charge on any atom is 0.230 e.